The predicted molar refractivity (Wildman–Crippen MR) is 102 cm³/mol. The third-order valence-corrected chi connectivity index (χ3v) is 4.49. The van der Waals surface area contributed by atoms with Crippen LogP contribution in [0.15, 0.2) is 42.6 Å². The van der Waals surface area contributed by atoms with Crippen molar-refractivity contribution in [3.8, 4) is 11.3 Å². The number of aromatic nitrogens is 5. The molecule has 0 radical (unpaired) electrons. The summed E-state index contributed by atoms with van der Waals surface area (Å²) in [6.07, 6.45) is 1.46. The van der Waals surface area contributed by atoms with Crippen LogP contribution < -0.4 is 11.5 Å². The lowest BCUT2D eigenvalue weighted by Gasteiger charge is -2.16. The van der Waals surface area contributed by atoms with Crippen molar-refractivity contribution in [1.29, 1.82) is 0 Å². The van der Waals surface area contributed by atoms with Crippen LogP contribution >= 0.6 is 0 Å². The molecule has 0 unspecified atom stereocenters. The Kier molecular flexibility index (Phi) is 3.95. The van der Waals surface area contributed by atoms with E-state index in [2.05, 4.69) is 15.0 Å². The summed E-state index contributed by atoms with van der Waals surface area (Å²) in [5, 5.41) is 0. The number of nitrogens with two attached hydrogens (primary N) is 2. The van der Waals surface area contributed by atoms with Crippen LogP contribution in [0.2, 0.25) is 0 Å². The van der Waals surface area contributed by atoms with Crippen LogP contribution in [0, 0.1) is 12.9 Å². The smallest absolute Gasteiger partial charge is 0.213 e. The quantitative estimate of drug-likeness (QED) is 0.541. The van der Waals surface area contributed by atoms with Gasteiger partial charge in [-0.25, -0.2) is 19.9 Å². The fraction of sp³-hybridized carbons (Fsp3) is 0.158. The molecular weight excluding hydrogens is 345 g/mol. The molecule has 4 aromatic heterocycles. The number of pyridine rings is 3. The van der Waals surface area contributed by atoms with Crippen LogP contribution in [0.3, 0.4) is 0 Å². The molecule has 4 aromatic rings. The van der Waals surface area contributed by atoms with E-state index in [1.165, 1.54) is 12.3 Å². The summed E-state index contributed by atoms with van der Waals surface area (Å²) < 4.78 is 15.5. The summed E-state index contributed by atoms with van der Waals surface area (Å²) in [4.78, 5) is 17.0. The first kappa shape index (κ1) is 16.9. The molecule has 0 saturated carbocycles. The first-order valence-electron chi connectivity index (χ1n) is 8.43. The predicted octanol–water partition coefficient (Wildman–Crippen LogP) is 3.11. The average molecular weight is 363 g/mol. The maximum absolute atomic E-state index is 13.6. The van der Waals surface area contributed by atoms with Gasteiger partial charge in [-0.2, -0.15) is 4.39 Å². The number of anilines is 2. The second-order valence-electron chi connectivity index (χ2n) is 6.36. The van der Waals surface area contributed by atoms with E-state index in [-0.39, 0.29) is 6.04 Å². The largest absolute Gasteiger partial charge is 0.384 e. The molecular formula is C19H18FN7. The van der Waals surface area contributed by atoms with E-state index < -0.39 is 5.95 Å². The lowest BCUT2D eigenvalue weighted by atomic mass is 10.1. The van der Waals surface area contributed by atoms with Crippen molar-refractivity contribution in [2.45, 2.75) is 19.9 Å². The molecule has 0 amide bonds. The Labute approximate surface area is 154 Å². The monoisotopic (exact) mass is 363 g/mol. The number of hydrogen-bond acceptors (Lipinski definition) is 6. The molecule has 0 aliphatic carbocycles. The van der Waals surface area contributed by atoms with Crippen molar-refractivity contribution in [3.63, 3.8) is 0 Å². The van der Waals surface area contributed by atoms with E-state index >= 15 is 0 Å². The molecule has 0 fully saturated rings. The third kappa shape index (κ3) is 3.05. The van der Waals surface area contributed by atoms with Crippen molar-refractivity contribution in [3.05, 3.63) is 59.9 Å². The van der Waals surface area contributed by atoms with Crippen molar-refractivity contribution in [2.75, 3.05) is 11.5 Å². The van der Waals surface area contributed by atoms with Gasteiger partial charge in [-0.3, -0.25) is 0 Å². The van der Waals surface area contributed by atoms with Crippen LogP contribution in [0.4, 0.5) is 16.0 Å². The Morgan fingerprint density at radius 2 is 1.74 bits per heavy atom. The van der Waals surface area contributed by atoms with Crippen molar-refractivity contribution < 1.29 is 4.39 Å². The Morgan fingerprint density at radius 1 is 1.00 bits per heavy atom. The first-order valence-corrected chi connectivity index (χ1v) is 8.43. The number of imidazole rings is 1. The van der Waals surface area contributed by atoms with Gasteiger partial charge in [0, 0.05) is 11.8 Å². The fourth-order valence-electron chi connectivity index (χ4n) is 3.26. The van der Waals surface area contributed by atoms with Gasteiger partial charge in [0.1, 0.15) is 23.0 Å². The summed E-state index contributed by atoms with van der Waals surface area (Å²) in [5.41, 5.74) is 15.3. The van der Waals surface area contributed by atoms with E-state index in [0.717, 1.165) is 22.5 Å². The molecule has 4 heterocycles. The Morgan fingerprint density at radius 3 is 2.44 bits per heavy atom. The van der Waals surface area contributed by atoms with Gasteiger partial charge in [-0.15, -0.1) is 0 Å². The van der Waals surface area contributed by atoms with Gasteiger partial charge >= 0.3 is 0 Å². The molecule has 0 aromatic carbocycles. The number of fused-ring (bicyclic) bond motifs is 1. The zero-order valence-electron chi connectivity index (χ0n) is 14.9. The van der Waals surface area contributed by atoms with Crippen molar-refractivity contribution in [1.82, 2.24) is 24.5 Å². The van der Waals surface area contributed by atoms with Crippen LogP contribution in [-0.4, -0.2) is 24.5 Å². The lowest BCUT2D eigenvalue weighted by Crippen LogP contribution is -2.10. The number of rotatable bonds is 3. The minimum Gasteiger partial charge on any atom is -0.384 e. The number of halogens is 1. The number of nitrogens with zero attached hydrogens (tertiary/aromatic N) is 5. The highest BCUT2D eigenvalue weighted by atomic mass is 19.1. The minimum absolute atomic E-state index is 0.164. The summed E-state index contributed by atoms with van der Waals surface area (Å²) in [6, 6.07) is 10.2. The maximum Gasteiger partial charge on any atom is 0.213 e. The highest BCUT2D eigenvalue weighted by molar-refractivity contribution is 5.77. The molecule has 4 rings (SSSR count). The first-order chi connectivity index (χ1) is 12.9. The summed E-state index contributed by atoms with van der Waals surface area (Å²) in [6.45, 7) is 3.87. The Balaban J connectivity index is 1.87. The number of aryl methyl sites for hydroxylation is 1. The van der Waals surface area contributed by atoms with Crippen LogP contribution in [-0.2, 0) is 0 Å². The van der Waals surface area contributed by atoms with Gasteiger partial charge in [0.15, 0.2) is 5.65 Å². The SMILES string of the molecule is Cc1nc2ccc(-c3cc(N)nc(N)c3)nc2n1[C@H](C)c1ccnc(F)c1. The molecule has 0 saturated heterocycles. The third-order valence-electron chi connectivity index (χ3n) is 4.49. The van der Waals surface area contributed by atoms with E-state index in [0.29, 0.717) is 23.0 Å². The van der Waals surface area contributed by atoms with E-state index in [4.69, 9.17) is 16.5 Å². The fourth-order valence-corrected chi connectivity index (χ4v) is 3.26. The number of nitrogen functional groups attached to an aromatic ring is 2. The van der Waals surface area contributed by atoms with Gasteiger partial charge < -0.3 is 16.0 Å². The Hall–Kier alpha value is -3.55. The van der Waals surface area contributed by atoms with Crippen molar-refractivity contribution >= 4 is 22.8 Å². The zero-order valence-corrected chi connectivity index (χ0v) is 14.9. The molecule has 27 heavy (non-hydrogen) atoms. The molecule has 8 heteroatoms. The molecule has 136 valence electrons. The van der Waals surface area contributed by atoms with Gasteiger partial charge in [0.2, 0.25) is 5.95 Å². The minimum atomic E-state index is -0.516. The van der Waals surface area contributed by atoms with Crippen LogP contribution in [0.25, 0.3) is 22.4 Å². The van der Waals surface area contributed by atoms with E-state index in [1.54, 1.807) is 18.2 Å². The second-order valence-corrected chi connectivity index (χ2v) is 6.36. The molecule has 0 bridgehead atoms. The number of hydrogen-bond donors (Lipinski definition) is 2. The van der Waals surface area contributed by atoms with Gasteiger partial charge in [0.05, 0.1) is 11.7 Å². The molecule has 0 aliphatic heterocycles. The topological polar surface area (TPSA) is 109 Å². The maximum atomic E-state index is 13.6. The normalized spacial score (nSPS) is 12.4. The molecule has 1 atom stereocenters. The van der Waals surface area contributed by atoms with Gasteiger partial charge in [-0.1, -0.05) is 0 Å². The second kappa shape index (κ2) is 6.31. The molecule has 4 N–H and O–H groups in total. The van der Waals surface area contributed by atoms with E-state index in [9.17, 15) is 4.39 Å². The average Bonchev–Trinajstić information content (AvgIpc) is 2.95. The standard InChI is InChI=1S/C19H18FN7/c1-10(12-5-6-23-16(20)7-12)27-11(2)24-15-4-3-14(25-19(15)27)13-8-17(21)26-18(22)9-13/h3-10H,1-2H3,(H4,21,22,26)/t10-/m1/s1. The van der Waals surface area contributed by atoms with Gasteiger partial charge in [-0.05, 0) is 55.8 Å². The van der Waals surface area contributed by atoms with Crippen molar-refractivity contribution in [2.24, 2.45) is 0 Å². The molecule has 0 spiro atoms. The van der Waals surface area contributed by atoms with Crippen LogP contribution in [0.1, 0.15) is 24.4 Å². The summed E-state index contributed by atoms with van der Waals surface area (Å²) in [7, 11) is 0. The Bertz CT molecular complexity index is 1130. The lowest BCUT2D eigenvalue weighted by molar-refractivity contribution is 0.569. The highest BCUT2D eigenvalue weighted by Gasteiger charge is 2.17. The molecule has 7 nitrogen and oxygen atoms in total. The summed E-state index contributed by atoms with van der Waals surface area (Å²) >= 11 is 0. The summed E-state index contributed by atoms with van der Waals surface area (Å²) in [5.74, 6) is 0.931. The van der Waals surface area contributed by atoms with Crippen LogP contribution in [0.5, 0.6) is 0 Å². The molecule has 0 aliphatic rings. The van der Waals surface area contributed by atoms with E-state index in [1.807, 2.05) is 30.5 Å². The van der Waals surface area contributed by atoms with Gasteiger partial charge in [0.25, 0.3) is 0 Å². The highest BCUT2D eigenvalue weighted by Crippen LogP contribution is 2.28. The zero-order chi connectivity index (χ0) is 19.1.